The van der Waals surface area contributed by atoms with Gasteiger partial charge in [-0.25, -0.2) is 8.42 Å². The number of sulfone groups is 1. The topological polar surface area (TPSA) is 82.0 Å². The summed E-state index contributed by atoms with van der Waals surface area (Å²) < 4.78 is 23.5. The third kappa shape index (κ3) is 4.55. The van der Waals surface area contributed by atoms with Crippen molar-refractivity contribution in [2.75, 3.05) is 32.4 Å². The van der Waals surface area contributed by atoms with Gasteiger partial charge in [0.1, 0.15) is 0 Å². The van der Waals surface area contributed by atoms with Crippen LogP contribution in [0.4, 0.5) is 0 Å². The second kappa shape index (κ2) is 8.07. The lowest BCUT2D eigenvalue weighted by molar-refractivity contribution is 0.00363. The van der Waals surface area contributed by atoms with Crippen LogP contribution >= 0.6 is 24.0 Å². The van der Waals surface area contributed by atoms with Gasteiger partial charge in [-0.2, -0.15) is 0 Å². The molecule has 0 spiro atoms. The van der Waals surface area contributed by atoms with Gasteiger partial charge < -0.3 is 15.3 Å². The van der Waals surface area contributed by atoms with Gasteiger partial charge in [-0.15, -0.1) is 24.0 Å². The first kappa shape index (κ1) is 22.0. The molecule has 2 atom stereocenters. The molecular weight excluding hydrogens is 441 g/mol. The molecule has 0 aromatic rings. The molecule has 2 rings (SSSR count). The fraction of sp³-hybridized carbons (Fsp3) is 0.938. The van der Waals surface area contributed by atoms with Crippen molar-refractivity contribution in [1.29, 1.82) is 0 Å². The predicted molar refractivity (Wildman–Crippen MR) is 109 cm³/mol. The van der Waals surface area contributed by atoms with Crippen LogP contribution in [0.15, 0.2) is 4.99 Å². The van der Waals surface area contributed by atoms with E-state index >= 15 is 0 Å². The van der Waals surface area contributed by atoms with Crippen molar-refractivity contribution >= 4 is 39.8 Å². The molecular formula is C16H32IN3O3S. The predicted octanol–water partition coefficient (Wildman–Crippen LogP) is 1.63. The van der Waals surface area contributed by atoms with Gasteiger partial charge in [0.15, 0.2) is 15.8 Å². The molecule has 24 heavy (non-hydrogen) atoms. The average molecular weight is 473 g/mol. The summed E-state index contributed by atoms with van der Waals surface area (Å²) >= 11 is 0. The quantitative estimate of drug-likeness (QED) is 0.362. The summed E-state index contributed by atoms with van der Waals surface area (Å²) in [5, 5.41) is 13.7. The number of nitrogens with one attached hydrogen (secondary N) is 1. The van der Waals surface area contributed by atoms with Crippen molar-refractivity contribution in [3.05, 3.63) is 0 Å². The Hall–Kier alpha value is -0.0900. The fourth-order valence-electron chi connectivity index (χ4n) is 3.53. The van der Waals surface area contributed by atoms with E-state index in [1.807, 2.05) is 4.90 Å². The number of aliphatic hydroxyl groups excluding tert-OH is 1. The highest BCUT2D eigenvalue weighted by Gasteiger charge is 2.41. The number of hydrogen-bond acceptors (Lipinski definition) is 4. The van der Waals surface area contributed by atoms with Crippen LogP contribution < -0.4 is 5.32 Å². The maximum atomic E-state index is 12.1. The van der Waals surface area contributed by atoms with Crippen LogP contribution in [-0.4, -0.2) is 67.7 Å². The first-order valence-corrected chi connectivity index (χ1v) is 10.1. The Morgan fingerprint density at radius 3 is 2.54 bits per heavy atom. The second-order valence-corrected chi connectivity index (χ2v) is 10.6. The summed E-state index contributed by atoms with van der Waals surface area (Å²) in [6.45, 7) is 7.22. The van der Waals surface area contributed by atoms with Crippen molar-refractivity contribution < 1.29 is 13.5 Å². The minimum absolute atomic E-state index is 0. The van der Waals surface area contributed by atoms with E-state index in [-0.39, 0.29) is 41.2 Å². The molecule has 1 saturated heterocycles. The molecule has 2 unspecified atom stereocenters. The van der Waals surface area contributed by atoms with E-state index in [9.17, 15) is 13.5 Å². The first-order valence-electron chi connectivity index (χ1n) is 8.47. The van der Waals surface area contributed by atoms with Crippen LogP contribution in [0.1, 0.15) is 46.5 Å². The van der Waals surface area contributed by atoms with E-state index in [0.717, 1.165) is 31.6 Å². The summed E-state index contributed by atoms with van der Waals surface area (Å²) in [5.41, 5.74) is -0.147. The molecule has 0 radical (unpaired) electrons. The van der Waals surface area contributed by atoms with E-state index in [0.29, 0.717) is 19.6 Å². The van der Waals surface area contributed by atoms with E-state index in [4.69, 9.17) is 0 Å². The molecule has 142 valence electrons. The zero-order valence-electron chi connectivity index (χ0n) is 15.2. The van der Waals surface area contributed by atoms with Crippen molar-refractivity contribution in [1.82, 2.24) is 10.2 Å². The number of rotatable bonds is 2. The lowest BCUT2D eigenvalue weighted by Crippen LogP contribution is -2.58. The summed E-state index contributed by atoms with van der Waals surface area (Å²) in [6.07, 6.45) is 3.79. The zero-order chi connectivity index (χ0) is 17.3. The first-order chi connectivity index (χ1) is 10.6. The number of halogens is 1. The van der Waals surface area contributed by atoms with Gasteiger partial charge in [-0.3, -0.25) is 4.99 Å². The minimum atomic E-state index is -3.06. The third-order valence-electron chi connectivity index (χ3n) is 5.49. The molecule has 1 aliphatic heterocycles. The average Bonchev–Trinajstić information content (AvgIpc) is 2.47. The highest BCUT2D eigenvalue weighted by atomic mass is 127. The number of guanidine groups is 1. The smallest absolute Gasteiger partial charge is 0.193 e. The monoisotopic (exact) mass is 473 g/mol. The number of nitrogens with zero attached hydrogens (tertiary/aromatic N) is 2. The van der Waals surface area contributed by atoms with Crippen LogP contribution in [-0.2, 0) is 9.84 Å². The van der Waals surface area contributed by atoms with Gasteiger partial charge in [0, 0.05) is 32.1 Å². The normalized spacial score (nSPS) is 32.8. The molecule has 0 aromatic heterocycles. The summed E-state index contributed by atoms with van der Waals surface area (Å²) in [4.78, 5) is 6.33. The highest BCUT2D eigenvalue weighted by Crippen LogP contribution is 2.35. The van der Waals surface area contributed by atoms with Gasteiger partial charge in [0.25, 0.3) is 0 Å². The lowest BCUT2D eigenvalue weighted by atomic mass is 9.73. The molecule has 1 saturated carbocycles. The van der Waals surface area contributed by atoms with Crippen molar-refractivity contribution in [2.24, 2.45) is 10.4 Å². The summed E-state index contributed by atoms with van der Waals surface area (Å²) in [6, 6.07) is 0. The maximum Gasteiger partial charge on any atom is 0.193 e. The lowest BCUT2D eigenvalue weighted by Gasteiger charge is -2.42. The van der Waals surface area contributed by atoms with E-state index < -0.39 is 14.6 Å². The molecule has 6 nitrogen and oxygen atoms in total. The van der Waals surface area contributed by atoms with Gasteiger partial charge >= 0.3 is 0 Å². The van der Waals surface area contributed by atoms with Crippen molar-refractivity contribution in [2.45, 2.75) is 57.3 Å². The molecule has 0 bridgehead atoms. The van der Waals surface area contributed by atoms with Crippen LogP contribution in [0.3, 0.4) is 0 Å². The minimum Gasteiger partial charge on any atom is -0.392 e. The summed E-state index contributed by atoms with van der Waals surface area (Å²) in [5.74, 6) is 0.882. The van der Waals surface area contributed by atoms with E-state index in [1.165, 1.54) is 0 Å². The SMILES string of the molecule is CN=C(NCC1(C)CCCCC1O)N1CCS(=O)(=O)C(C)(C)C1.I. The van der Waals surface area contributed by atoms with Crippen LogP contribution in [0.25, 0.3) is 0 Å². The summed E-state index contributed by atoms with van der Waals surface area (Å²) in [7, 11) is -1.34. The number of aliphatic hydroxyl groups is 1. The van der Waals surface area contributed by atoms with Gasteiger partial charge in [-0.05, 0) is 26.7 Å². The number of aliphatic imine (C=N–C) groups is 1. The highest BCUT2D eigenvalue weighted by molar-refractivity contribution is 14.0. The van der Waals surface area contributed by atoms with Crippen molar-refractivity contribution in [3.8, 4) is 0 Å². The molecule has 8 heteroatoms. The second-order valence-electron chi connectivity index (χ2n) is 7.82. The maximum absolute atomic E-state index is 12.1. The largest absolute Gasteiger partial charge is 0.392 e. The van der Waals surface area contributed by atoms with Gasteiger partial charge in [0.05, 0.1) is 16.6 Å². The molecule has 2 aliphatic rings. The Labute approximate surface area is 163 Å². The Morgan fingerprint density at radius 2 is 2.00 bits per heavy atom. The Morgan fingerprint density at radius 1 is 1.33 bits per heavy atom. The Balaban J connectivity index is 0.00000288. The molecule has 0 aromatic carbocycles. The third-order valence-corrected chi connectivity index (χ3v) is 8.02. The van der Waals surface area contributed by atoms with Crippen molar-refractivity contribution in [3.63, 3.8) is 0 Å². The van der Waals surface area contributed by atoms with Gasteiger partial charge in [-0.1, -0.05) is 19.8 Å². The molecule has 0 amide bonds. The van der Waals surface area contributed by atoms with Crippen LogP contribution in [0.2, 0.25) is 0 Å². The molecule has 1 heterocycles. The zero-order valence-corrected chi connectivity index (χ0v) is 18.4. The fourth-order valence-corrected chi connectivity index (χ4v) is 4.89. The van der Waals surface area contributed by atoms with E-state index in [2.05, 4.69) is 17.2 Å². The van der Waals surface area contributed by atoms with Crippen LogP contribution in [0, 0.1) is 5.41 Å². The molecule has 2 fully saturated rings. The van der Waals surface area contributed by atoms with Gasteiger partial charge in [0.2, 0.25) is 0 Å². The molecule has 2 N–H and O–H groups in total. The Kier molecular flexibility index (Phi) is 7.38. The standard InChI is InChI=1S/C16H31N3O3S.HI/c1-15(2)12-19(9-10-23(15,21)22)14(17-4)18-11-16(3)8-6-5-7-13(16)20;/h13,20H,5-12H2,1-4H3,(H,17,18);1H. The number of hydrogen-bond donors (Lipinski definition) is 2. The van der Waals surface area contributed by atoms with E-state index in [1.54, 1.807) is 20.9 Å². The van der Waals surface area contributed by atoms with Crippen LogP contribution in [0.5, 0.6) is 0 Å². The Bertz CT molecular complexity index is 565. The molecule has 1 aliphatic carbocycles.